The quantitative estimate of drug-likeness (QED) is 0.540. The van der Waals surface area contributed by atoms with E-state index in [1.165, 1.54) is 22.3 Å². The molecule has 2 atom stereocenters. The highest BCUT2D eigenvalue weighted by atomic mass is 32.1. The van der Waals surface area contributed by atoms with Crippen molar-refractivity contribution in [3.05, 3.63) is 23.7 Å². The van der Waals surface area contributed by atoms with E-state index in [9.17, 15) is 23.5 Å². The van der Waals surface area contributed by atoms with Crippen LogP contribution in [0, 0.1) is 0 Å². The first kappa shape index (κ1) is 22.9. The Morgan fingerprint density at radius 2 is 1.94 bits per heavy atom. The lowest BCUT2D eigenvalue weighted by Gasteiger charge is -2.54. The molecule has 1 N–H and O–H groups in total. The lowest BCUT2D eigenvalue weighted by atomic mass is 9.88. The molecule has 3 aromatic rings. The van der Waals surface area contributed by atoms with Gasteiger partial charge in [-0.1, -0.05) is 0 Å². The predicted octanol–water partition coefficient (Wildman–Crippen LogP) is 2.72. The Morgan fingerprint density at radius 1 is 1.19 bits per heavy atom. The van der Waals surface area contributed by atoms with E-state index in [1.807, 2.05) is 0 Å². The number of piperazine rings is 1. The zero-order valence-corrected chi connectivity index (χ0v) is 19.6. The molecular formula is C22H21F2N5O6S. The van der Waals surface area contributed by atoms with Crippen LogP contribution in [0.2, 0.25) is 0 Å². The van der Waals surface area contributed by atoms with Crippen LogP contribution in [0.3, 0.4) is 0 Å². The average molecular weight is 522 g/mol. The van der Waals surface area contributed by atoms with E-state index < -0.39 is 18.1 Å². The fraction of sp³-hybridized carbons (Fsp3) is 0.455. The molecule has 6 heterocycles. The first-order valence-electron chi connectivity index (χ1n) is 11.4. The number of aromatic nitrogens is 2. The van der Waals surface area contributed by atoms with E-state index in [-0.39, 0.29) is 61.3 Å². The highest BCUT2D eigenvalue weighted by molar-refractivity contribution is 7.13. The maximum absolute atomic E-state index is 14.9. The number of morpholine rings is 1. The van der Waals surface area contributed by atoms with Crippen molar-refractivity contribution in [1.29, 1.82) is 0 Å². The Balaban J connectivity index is 1.34. The van der Waals surface area contributed by atoms with Crippen LogP contribution < -0.4 is 9.64 Å². The van der Waals surface area contributed by atoms with Crippen molar-refractivity contribution in [2.24, 2.45) is 0 Å². The number of carboxylic acid groups (broad SMARTS) is 1. The van der Waals surface area contributed by atoms with E-state index >= 15 is 0 Å². The van der Waals surface area contributed by atoms with Crippen LogP contribution >= 0.6 is 11.3 Å². The molecule has 4 aliphatic rings. The molecule has 0 aliphatic carbocycles. The molecule has 7 rings (SSSR count). The first-order valence-corrected chi connectivity index (χ1v) is 12.2. The van der Waals surface area contributed by atoms with Crippen molar-refractivity contribution < 1.29 is 37.4 Å². The van der Waals surface area contributed by atoms with Crippen molar-refractivity contribution >= 4 is 40.5 Å². The maximum Gasteiger partial charge on any atom is 0.482 e. The summed E-state index contributed by atoms with van der Waals surface area (Å²) in [5.74, 6) is -1.75. The van der Waals surface area contributed by atoms with Crippen LogP contribution in [0.5, 0.6) is 5.75 Å². The molecule has 14 heteroatoms. The summed E-state index contributed by atoms with van der Waals surface area (Å²) in [5, 5.41) is 11.7. The van der Waals surface area contributed by atoms with Gasteiger partial charge in [0.1, 0.15) is 5.01 Å². The number of oxazole rings is 1. The summed E-state index contributed by atoms with van der Waals surface area (Å²) in [7, 11) is 0. The van der Waals surface area contributed by atoms with Crippen LogP contribution in [-0.2, 0) is 9.53 Å². The third-order valence-electron chi connectivity index (χ3n) is 6.63. The molecule has 2 aromatic heterocycles. The van der Waals surface area contributed by atoms with Gasteiger partial charge < -0.3 is 28.8 Å². The normalized spacial score (nSPS) is 22.0. The standard InChI is InChI=1S/C22H21F2N5O6S/c23-22(24,19(30)27-4-6-33-7-5-27)35-15-2-1-14(18-25-3-8-36-18)17-16(15)26-20(34-17)28-10-12-9-13(11-28)29(12)21(31)32/h1-3,8,12-13H,4-7,9-11H2,(H,31,32). The molecule has 190 valence electrons. The molecule has 2 amide bonds. The number of hydrogen-bond donors (Lipinski definition) is 1. The van der Waals surface area contributed by atoms with Crippen molar-refractivity contribution in [3.63, 3.8) is 0 Å². The summed E-state index contributed by atoms with van der Waals surface area (Å²) < 4.78 is 46.0. The van der Waals surface area contributed by atoms with Gasteiger partial charge in [-0.05, 0) is 18.6 Å². The van der Waals surface area contributed by atoms with Crippen molar-refractivity contribution in [1.82, 2.24) is 19.8 Å². The number of nitrogens with zero attached hydrogens (tertiary/aromatic N) is 5. The summed E-state index contributed by atoms with van der Waals surface area (Å²) in [6, 6.07) is 2.65. The molecule has 11 nitrogen and oxygen atoms in total. The van der Waals surface area contributed by atoms with Crippen molar-refractivity contribution in [2.45, 2.75) is 24.6 Å². The Morgan fingerprint density at radius 3 is 2.61 bits per heavy atom. The van der Waals surface area contributed by atoms with E-state index in [1.54, 1.807) is 22.5 Å². The smallest absolute Gasteiger partial charge is 0.465 e. The fourth-order valence-corrected chi connectivity index (χ4v) is 5.59. The number of amides is 2. The Kier molecular flexibility index (Phi) is 5.44. The van der Waals surface area contributed by atoms with Crippen LogP contribution in [0.1, 0.15) is 6.42 Å². The van der Waals surface area contributed by atoms with E-state index in [4.69, 9.17) is 13.9 Å². The molecule has 0 radical (unpaired) electrons. The number of piperidine rings is 1. The van der Waals surface area contributed by atoms with Crippen LogP contribution in [0.25, 0.3) is 21.7 Å². The SMILES string of the molecule is O=C(O)N1C2CC1CN(c1nc3c(OC(F)(F)C(=O)N4CCOCC4)ccc(-c4nccs4)c3o1)C2. The van der Waals surface area contributed by atoms with Crippen LogP contribution in [0.4, 0.5) is 19.6 Å². The second-order valence-corrected chi connectivity index (χ2v) is 9.68. The third kappa shape index (κ3) is 3.80. The molecule has 1 aromatic carbocycles. The van der Waals surface area contributed by atoms with Gasteiger partial charge in [-0.2, -0.15) is 13.8 Å². The zero-order valence-electron chi connectivity index (χ0n) is 18.8. The highest BCUT2D eigenvalue weighted by Crippen LogP contribution is 2.41. The second-order valence-electron chi connectivity index (χ2n) is 8.78. The minimum Gasteiger partial charge on any atom is -0.465 e. The van der Waals surface area contributed by atoms with Gasteiger partial charge in [0.2, 0.25) is 0 Å². The summed E-state index contributed by atoms with van der Waals surface area (Å²) in [6.07, 6.45) is -2.73. The first-order chi connectivity index (χ1) is 17.3. The second kappa shape index (κ2) is 8.55. The summed E-state index contributed by atoms with van der Waals surface area (Å²) in [6.45, 7) is 1.19. The zero-order chi connectivity index (χ0) is 25.0. The predicted molar refractivity (Wildman–Crippen MR) is 122 cm³/mol. The number of alkyl halides is 2. The topological polar surface area (TPSA) is 121 Å². The number of thiazole rings is 1. The Hall–Kier alpha value is -3.52. The van der Waals surface area contributed by atoms with Crippen molar-refractivity contribution in [2.75, 3.05) is 44.3 Å². The minimum atomic E-state index is -4.12. The monoisotopic (exact) mass is 521 g/mol. The number of carbonyl (C=O) groups is 2. The molecule has 4 fully saturated rings. The number of rotatable bonds is 5. The highest BCUT2D eigenvalue weighted by Gasteiger charge is 2.49. The number of hydrogen-bond acceptors (Lipinski definition) is 9. The average Bonchev–Trinajstić information content (AvgIpc) is 3.55. The van der Waals surface area contributed by atoms with Gasteiger partial charge in [-0.3, -0.25) is 9.69 Å². The van der Waals surface area contributed by atoms with Gasteiger partial charge in [0.25, 0.3) is 6.01 Å². The lowest BCUT2D eigenvalue weighted by Crippen LogP contribution is -2.70. The lowest BCUT2D eigenvalue weighted by molar-refractivity contribution is -0.206. The van der Waals surface area contributed by atoms with E-state index in [0.717, 1.165) is 11.3 Å². The Bertz CT molecular complexity index is 1300. The molecule has 2 bridgehead atoms. The minimum absolute atomic E-state index is 0.0292. The fourth-order valence-electron chi connectivity index (χ4n) is 4.93. The molecule has 0 saturated carbocycles. The third-order valence-corrected chi connectivity index (χ3v) is 7.43. The van der Waals surface area contributed by atoms with Gasteiger partial charge >= 0.3 is 18.1 Å². The number of halogens is 2. The van der Waals surface area contributed by atoms with Crippen LogP contribution in [0.15, 0.2) is 28.1 Å². The van der Waals surface area contributed by atoms with Gasteiger partial charge in [0.15, 0.2) is 16.8 Å². The number of fused-ring (bicyclic) bond motifs is 3. The molecule has 2 unspecified atom stereocenters. The van der Waals surface area contributed by atoms with Gasteiger partial charge in [-0.25, -0.2) is 9.78 Å². The largest absolute Gasteiger partial charge is 0.482 e. The summed E-state index contributed by atoms with van der Waals surface area (Å²) in [5.41, 5.74) is 0.770. The van der Waals surface area contributed by atoms with Crippen LogP contribution in [-0.4, -0.2) is 94.5 Å². The summed E-state index contributed by atoms with van der Waals surface area (Å²) >= 11 is 1.34. The number of benzene rings is 1. The number of anilines is 1. The molecule has 4 aliphatic heterocycles. The van der Waals surface area contributed by atoms with Crippen molar-refractivity contribution in [3.8, 4) is 16.3 Å². The molecule has 4 saturated heterocycles. The van der Waals surface area contributed by atoms with E-state index in [0.29, 0.717) is 23.7 Å². The number of ether oxygens (including phenoxy) is 2. The Labute approximate surface area is 206 Å². The van der Waals surface area contributed by atoms with Gasteiger partial charge in [0, 0.05) is 37.8 Å². The molecule has 0 spiro atoms. The molecule has 36 heavy (non-hydrogen) atoms. The summed E-state index contributed by atoms with van der Waals surface area (Å²) in [4.78, 5) is 36.9. The maximum atomic E-state index is 14.9. The van der Waals surface area contributed by atoms with Gasteiger partial charge in [0.05, 0.1) is 30.9 Å². The van der Waals surface area contributed by atoms with Gasteiger partial charge in [-0.15, -0.1) is 11.3 Å². The molecular weight excluding hydrogens is 500 g/mol. The van der Waals surface area contributed by atoms with E-state index in [2.05, 4.69) is 9.97 Å². The number of carbonyl (C=O) groups excluding carboxylic acids is 1.